The van der Waals surface area contributed by atoms with Crippen LogP contribution in [0.2, 0.25) is 0 Å². The summed E-state index contributed by atoms with van der Waals surface area (Å²) in [6.07, 6.45) is 7.91. The molecule has 1 aromatic heterocycles. The van der Waals surface area contributed by atoms with Gasteiger partial charge in [0, 0.05) is 10.7 Å². The predicted octanol–water partition coefficient (Wildman–Crippen LogP) is 4.33. The Morgan fingerprint density at radius 1 is 0.875 bits per heavy atom. The van der Waals surface area contributed by atoms with Crippen molar-refractivity contribution in [1.82, 2.24) is 9.97 Å². The Balaban J connectivity index is 3.34. The van der Waals surface area contributed by atoms with E-state index in [-0.39, 0.29) is 0 Å². The van der Waals surface area contributed by atoms with Crippen LogP contribution in [0.15, 0.2) is 12.2 Å². The Hall–Kier alpha value is -0.480. The van der Waals surface area contributed by atoms with Gasteiger partial charge in [0.2, 0.25) is 0 Å². The topological polar surface area (TPSA) is 25.8 Å². The van der Waals surface area contributed by atoms with Gasteiger partial charge >= 0.3 is 0 Å². The second-order valence-electron chi connectivity index (χ2n) is 3.15. The molecule has 0 amide bonds. The zero-order chi connectivity index (χ0) is 12.0. The molecule has 0 aliphatic carbocycles. The van der Waals surface area contributed by atoms with Gasteiger partial charge in [0.05, 0.1) is 22.8 Å². The minimum atomic E-state index is 0.724. The quantitative estimate of drug-likeness (QED) is 0.759. The zero-order valence-corrected chi connectivity index (χ0v) is 12.5. The van der Waals surface area contributed by atoms with Crippen LogP contribution < -0.4 is 0 Å². The fourth-order valence-corrected chi connectivity index (χ4v) is 2.21. The van der Waals surface area contributed by atoms with Gasteiger partial charge in [-0.2, -0.15) is 0 Å². The molecule has 1 heterocycles. The number of allylic oxidation sites excluding steroid dienone is 2. The van der Waals surface area contributed by atoms with Crippen molar-refractivity contribution >= 4 is 44.0 Å². The molecule has 0 N–H and O–H groups in total. The minimum absolute atomic E-state index is 0.724. The first-order chi connectivity index (χ1) is 7.76. The molecule has 86 valence electrons. The Kier molecular flexibility index (Phi) is 5.91. The van der Waals surface area contributed by atoms with Gasteiger partial charge in [0.1, 0.15) is 0 Å². The van der Waals surface area contributed by atoms with Crippen molar-refractivity contribution in [2.24, 2.45) is 0 Å². The molecule has 4 heteroatoms. The molecule has 0 aromatic carbocycles. The number of alkyl halides is 2. The Morgan fingerprint density at radius 2 is 1.25 bits per heavy atom. The first-order valence-electron chi connectivity index (χ1n) is 5.03. The normalized spacial score (nSPS) is 11.8. The highest BCUT2D eigenvalue weighted by atomic mass is 79.9. The summed E-state index contributed by atoms with van der Waals surface area (Å²) < 4.78 is 0. The van der Waals surface area contributed by atoms with E-state index < -0.39 is 0 Å². The Bertz CT molecular complexity index is 373. The van der Waals surface area contributed by atoms with Gasteiger partial charge in [-0.3, -0.25) is 0 Å². The van der Waals surface area contributed by atoms with E-state index in [4.69, 9.17) is 0 Å². The van der Waals surface area contributed by atoms with Gasteiger partial charge in [-0.05, 0) is 26.0 Å². The summed E-state index contributed by atoms with van der Waals surface area (Å²) >= 11 is 6.87. The maximum Gasteiger partial charge on any atom is 0.0887 e. The van der Waals surface area contributed by atoms with Crippen LogP contribution in [0.25, 0.3) is 12.2 Å². The van der Waals surface area contributed by atoms with Gasteiger partial charge in [-0.1, -0.05) is 44.0 Å². The van der Waals surface area contributed by atoms with Crippen molar-refractivity contribution in [2.75, 3.05) is 0 Å². The second-order valence-corrected chi connectivity index (χ2v) is 4.28. The summed E-state index contributed by atoms with van der Waals surface area (Å²) in [5.41, 5.74) is 3.80. The highest BCUT2D eigenvalue weighted by molar-refractivity contribution is 9.09. The lowest BCUT2D eigenvalue weighted by Gasteiger charge is -2.07. The number of halogens is 2. The SMILES string of the molecule is C/C=C\c1nc(CBr)c(CBr)nc1/C=C\C. The van der Waals surface area contributed by atoms with Crippen LogP contribution in [0.3, 0.4) is 0 Å². The zero-order valence-electron chi connectivity index (χ0n) is 9.37. The predicted molar refractivity (Wildman–Crippen MR) is 76.7 cm³/mol. The average molecular weight is 346 g/mol. The molecule has 0 spiro atoms. The Labute approximate surface area is 113 Å². The van der Waals surface area contributed by atoms with Gasteiger partial charge in [0.15, 0.2) is 0 Å². The van der Waals surface area contributed by atoms with E-state index in [9.17, 15) is 0 Å². The average Bonchev–Trinajstić information content (AvgIpc) is 2.31. The van der Waals surface area contributed by atoms with Crippen LogP contribution in [0.5, 0.6) is 0 Å². The van der Waals surface area contributed by atoms with Crippen molar-refractivity contribution in [3.8, 4) is 0 Å². The van der Waals surface area contributed by atoms with E-state index in [0.29, 0.717) is 0 Å². The van der Waals surface area contributed by atoms with Crippen molar-refractivity contribution in [2.45, 2.75) is 24.5 Å². The summed E-state index contributed by atoms with van der Waals surface area (Å²) in [5, 5.41) is 1.45. The molecule has 0 aliphatic heterocycles. The van der Waals surface area contributed by atoms with Gasteiger partial charge < -0.3 is 0 Å². The molecular weight excluding hydrogens is 332 g/mol. The molecule has 2 nitrogen and oxygen atoms in total. The second kappa shape index (κ2) is 6.97. The summed E-state index contributed by atoms with van der Waals surface area (Å²) in [6.45, 7) is 3.96. The van der Waals surface area contributed by atoms with Gasteiger partial charge in [-0.15, -0.1) is 0 Å². The molecule has 0 saturated carbocycles. The number of nitrogens with zero attached hydrogens (tertiary/aromatic N) is 2. The summed E-state index contributed by atoms with van der Waals surface area (Å²) in [7, 11) is 0. The van der Waals surface area contributed by atoms with Crippen molar-refractivity contribution in [3.63, 3.8) is 0 Å². The first kappa shape index (κ1) is 13.6. The van der Waals surface area contributed by atoms with E-state index in [1.807, 2.05) is 38.2 Å². The van der Waals surface area contributed by atoms with Crippen molar-refractivity contribution in [1.29, 1.82) is 0 Å². The molecule has 0 saturated heterocycles. The third-order valence-corrected chi connectivity index (χ3v) is 3.07. The lowest BCUT2D eigenvalue weighted by atomic mass is 10.2. The largest absolute Gasteiger partial charge is 0.248 e. The maximum absolute atomic E-state index is 4.59. The molecule has 16 heavy (non-hydrogen) atoms. The molecule has 0 atom stereocenters. The van der Waals surface area contributed by atoms with Crippen LogP contribution in [0.4, 0.5) is 0 Å². The number of hydrogen-bond acceptors (Lipinski definition) is 2. The fourth-order valence-electron chi connectivity index (χ4n) is 1.31. The van der Waals surface area contributed by atoms with Gasteiger partial charge in [-0.25, -0.2) is 9.97 Å². The Morgan fingerprint density at radius 3 is 1.50 bits per heavy atom. The van der Waals surface area contributed by atoms with Crippen LogP contribution >= 0.6 is 31.9 Å². The van der Waals surface area contributed by atoms with Crippen molar-refractivity contribution in [3.05, 3.63) is 34.9 Å². The number of hydrogen-bond donors (Lipinski definition) is 0. The van der Waals surface area contributed by atoms with Crippen molar-refractivity contribution < 1.29 is 0 Å². The molecule has 0 fully saturated rings. The molecule has 1 rings (SSSR count). The lowest BCUT2D eigenvalue weighted by Crippen LogP contribution is -2.02. The third-order valence-electron chi connectivity index (χ3n) is 2.01. The fraction of sp³-hybridized carbons (Fsp3) is 0.333. The van der Waals surface area contributed by atoms with E-state index in [1.165, 1.54) is 0 Å². The highest BCUT2D eigenvalue weighted by Gasteiger charge is 2.08. The van der Waals surface area contributed by atoms with E-state index in [1.54, 1.807) is 0 Å². The minimum Gasteiger partial charge on any atom is -0.248 e. The third kappa shape index (κ3) is 3.25. The van der Waals surface area contributed by atoms with Crippen LogP contribution in [0.1, 0.15) is 36.6 Å². The monoisotopic (exact) mass is 344 g/mol. The standard InChI is InChI=1S/C12H14Br2N2/c1-3-5-9-10(6-4-2)16-12(8-14)11(7-13)15-9/h3-6H,7-8H2,1-2H3/b5-3-,6-4-. The summed E-state index contributed by atoms with van der Waals surface area (Å²) in [4.78, 5) is 9.19. The van der Waals surface area contributed by atoms with Crippen LogP contribution in [0, 0.1) is 0 Å². The molecule has 0 bridgehead atoms. The molecule has 0 aliphatic rings. The maximum atomic E-state index is 4.59. The van der Waals surface area contributed by atoms with Crippen LogP contribution in [-0.4, -0.2) is 9.97 Å². The molecule has 0 radical (unpaired) electrons. The number of aromatic nitrogens is 2. The number of rotatable bonds is 4. The summed E-state index contributed by atoms with van der Waals surface area (Å²) in [5.74, 6) is 0. The van der Waals surface area contributed by atoms with E-state index in [0.717, 1.165) is 33.4 Å². The van der Waals surface area contributed by atoms with Gasteiger partial charge in [0.25, 0.3) is 0 Å². The summed E-state index contributed by atoms with van der Waals surface area (Å²) in [6, 6.07) is 0. The highest BCUT2D eigenvalue weighted by Crippen LogP contribution is 2.17. The van der Waals surface area contributed by atoms with E-state index >= 15 is 0 Å². The van der Waals surface area contributed by atoms with E-state index in [2.05, 4.69) is 41.8 Å². The lowest BCUT2D eigenvalue weighted by molar-refractivity contribution is 1.01. The first-order valence-corrected chi connectivity index (χ1v) is 7.28. The molecule has 0 unspecified atom stereocenters. The van der Waals surface area contributed by atoms with Crippen LogP contribution in [-0.2, 0) is 10.7 Å². The smallest absolute Gasteiger partial charge is 0.0887 e. The molecule has 1 aromatic rings. The molecular formula is C12H14Br2N2.